The third-order valence-corrected chi connectivity index (χ3v) is 4.94. The number of ether oxygens (including phenoxy) is 1. The highest BCUT2D eigenvalue weighted by atomic mass is 19.1. The Labute approximate surface area is 152 Å². The summed E-state index contributed by atoms with van der Waals surface area (Å²) in [5, 5.41) is 2.65. The Morgan fingerprint density at radius 2 is 1.92 bits per heavy atom. The summed E-state index contributed by atoms with van der Waals surface area (Å²) >= 11 is 0. The molecule has 0 spiro atoms. The molecule has 0 saturated carbocycles. The molecule has 1 N–H and O–H groups in total. The minimum absolute atomic E-state index is 0.222. The molecule has 0 radical (unpaired) electrons. The van der Waals surface area contributed by atoms with Crippen LogP contribution in [0.5, 0.6) is 5.75 Å². The van der Waals surface area contributed by atoms with Crippen molar-refractivity contribution in [3.05, 3.63) is 59.4 Å². The van der Waals surface area contributed by atoms with Crippen LogP contribution in [0.4, 0.5) is 14.9 Å². The highest BCUT2D eigenvalue weighted by Crippen LogP contribution is 2.26. The fourth-order valence-corrected chi connectivity index (χ4v) is 3.46. The molecule has 136 valence electrons. The van der Waals surface area contributed by atoms with Crippen LogP contribution in [0.2, 0.25) is 0 Å². The molecule has 2 aromatic rings. The first-order valence-corrected chi connectivity index (χ1v) is 8.96. The van der Waals surface area contributed by atoms with E-state index in [1.54, 1.807) is 23.1 Å². The number of para-hydroxylation sites is 1. The first kappa shape index (κ1) is 16.8. The van der Waals surface area contributed by atoms with Gasteiger partial charge in [-0.3, -0.25) is 4.90 Å². The topological polar surface area (TPSA) is 44.8 Å². The minimum Gasteiger partial charge on any atom is -0.493 e. The number of anilines is 1. The number of benzene rings is 2. The summed E-state index contributed by atoms with van der Waals surface area (Å²) in [5.74, 6) is 0.587. The lowest BCUT2D eigenvalue weighted by atomic mass is 10.1. The smallest absolute Gasteiger partial charge is 0.322 e. The normalized spacial score (nSPS) is 16.9. The number of halogens is 1. The molecule has 1 saturated heterocycles. The molecule has 2 aromatic carbocycles. The van der Waals surface area contributed by atoms with Gasteiger partial charge in [0.25, 0.3) is 0 Å². The monoisotopic (exact) mass is 355 g/mol. The van der Waals surface area contributed by atoms with E-state index in [1.807, 2.05) is 0 Å². The number of nitrogens with zero attached hydrogens (tertiary/aromatic N) is 2. The largest absolute Gasteiger partial charge is 0.493 e. The van der Waals surface area contributed by atoms with Crippen molar-refractivity contribution < 1.29 is 13.9 Å². The van der Waals surface area contributed by atoms with Gasteiger partial charge in [0, 0.05) is 39.1 Å². The molecule has 0 aliphatic carbocycles. The Morgan fingerprint density at radius 3 is 2.73 bits per heavy atom. The summed E-state index contributed by atoms with van der Waals surface area (Å²) in [6, 6.07) is 12.4. The molecule has 2 amide bonds. The van der Waals surface area contributed by atoms with Gasteiger partial charge in [-0.25, -0.2) is 9.18 Å². The number of amides is 2. The average Bonchev–Trinajstić information content (AvgIpc) is 3.12. The molecule has 4 rings (SSSR count). The van der Waals surface area contributed by atoms with Crippen LogP contribution in [-0.2, 0) is 13.0 Å². The molecule has 0 atom stereocenters. The van der Waals surface area contributed by atoms with E-state index >= 15 is 0 Å². The summed E-state index contributed by atoms with van der Waals surface area (Å²) < 4.78 is 19.2. The van der Waals surface area contributed by atoms with E-state index in [1.165, 1.54) is 17.2 Å². The second-order valence-electron chi connectivity index (χ2n) is 6.71. The molecule has 0 unspecified atom stereocenters. The van der Waals surface area contributed by atoms with Crippen LogP contribution in [0.25, 0.3) is 0 Å². The maximum absolute atomic E-state index is 13.7. The first-order chi connectivity index (χ1) is 12.7. The first-order valence-electron chi connectivity index (χ1n) is 8.96. The molecular formula is C20H22FN3O2. The quantitative estimate of drug-likeness (QED) is 0.920. The maximum Gasteiger partial charge on any atom is 0.322 e. The Morgan fingerprint density at radius 1 is 1.12 bits per heavy atom. The van der Waals surface area contributed by atoms with E-state index in [4.69, 9.17) is 4.74 Å². The highest BCUT2D eigenvalue weighted by molar-refractivity contribution is 5.89. The summed E-state index contributed by atoms with van der Waals surface area (Å²) in [5.41, 5.74) is 2.78. The van der Waals surface area contributed by atoms with Crippen LogP contribution in [-0.4, -0.2) is 48.6 Å². The van der Waals surface area contributed by atoms with E-state index in [0.717, 1.165) is 38.4 Å². The SMILES string of the molecule is O=C(Nc1ccccc1F)N1CCN(Cc2ccc3c(c2)CCO3)CC1. The van der Waals surface area contributed by atoms with Crippen molar-refractivity contribution in [3.8, 4) is 5.75 Å². The zero-order valence-corrected chi connectivity index (χ0v) is 14.6. The lowest BCUT2D eigenvalue weighted by Gasteiger charge is -2.34. The van der Waals surface area contributed by atoms with E-state index < -0.39 is 5.82 Å². The number of piperazine rings is 1. The standard InChI is InChI=1S/C20H22FN3O2/c21-17-3-1-2-4-18(17)22-20(25)24-10-8-23(9-11-24)14-15-5-6-19-16(13-15)7-12-26-19/h1-6,13H,7-12,14H2,(H,22,25). The van der Waals surface area contributed by atoms with Crippen LogP contribution in [0.15, 0.2) is 42.5 Å². The third-order valence-electron chi connectivity index (χ3n) is 4.94. The summed E-state index contributed by atoms with van der Waals surface area (Å²) in [7, 11) is 0. The zero-order chi connectivity index (χ0) is 17.9. The molecule has 2 aliphatic rings. The molecule has 2 heterocycles. The lowest BCUT2D eigenvalue weighted by Crippen LogP contribution is -2.49. The zero-order valence-electron chi connectivity index (χ0n) is 14.6. The molecule has 0 bridgehead atoms. The van der Waals surface area contributed by atoms with E-state index in [-0.39, 0.29) is 11.7 Å². The number of hydrogen-bond donors (Lipinski definition) is 1. The van der Waals surface area contributed by atoms with Crippen molar-refractivity contribution >= 4 is 11.7 Å². The number of urea groups is 1. The second kappa shape index (κ2) is 7.33. The van der Waals surface area contributed by atoms with Crippen molar-refractivity contribution in [1.82, 2.24) is 9.80 Å². The molecule has 26 heavy (non-hydrogen) atoms. The van der Waals surface area contributed by atoms with Crippen LogP contribution in [0.3, 0.4) is 0 Å². The molecular weight excluding hydrogens is 333 g/mol. The number of hydrogen-bond acceptors (Lipinski definition) is 3. The van der Waals surface area contributed by atoms with Gasteiger partial charge in [0.15, 0.2) is 0 Å². The Bertz CT molecular complexity index is 803. The van der Waals surface area contributed by atoms with Gasteiger partial charge < -0.3 is 15.0 Å². The third kappa shape index (κ3) is 3.65. The Hall–Kier alpha value is -2.60. The van der Waals surface area contributed by atoms with Gasteiger partial charge >= 0.3 is 6.03 Å². The van der Waals surface area contributed by atoms with Gasteiger partial charge in [-0.05, 0) is 29.3 Å². The number of carbonyl (C=O) groups is 1. The van der Waals surface area contributed by atoms with Crippen molar-refractivity contribution in [1.29, 1.82) is 0 Å². The van der Waals surface area contributed by atoms with Crippen molar-refractivity contribution in [2.75, 3.05) is 38.1 Å². The molecule has 6 heteroatoms. The highest BCUT2D eigenvalue weighted by Gasteiger charge is 2.22. The number of fused-ring (bicyclic) bond motifs is 1. The van der Waals surface area contributed by atoms with Crippen LogP contribution < -0.4 is 10.1 Å². The Balaban J connectivity index is 1.30. The van der Waals surface area contributed by atoms with Crippen molar-refractivity contribution in [2.24, 2.45) is 0 Å². The van der Waals surface area contributed by atoms with Crippen LogP contribution in [0, 0.1) is 5.82 Å². The van der Waals surface area contributed by atoms with Crippen LogP contribution >= 0.6 is 0 Å². The number of carbonyl (C=O) groups excluding carboxylic acids is 1. The molecule has 0 aromatic heterocycles. The second-order valence-corrected chi connectivity index (χ2v) is 6.71. The minimum atomic E-state index is -0.417. The summed E-state index contributed by atoms with van der Waals surface area (Å²) in [6.07, 6.45) is 0.979. The summed E-state index contributed by atoms with van der Waals surface area (Å²) in [4.78, 5) is 16.4. The predicted molar refractivity (Wildman–Crippen MR) is 97.9 cm³/mol. The number of nitrogens with one attached hydrogen (secondary N) is 1. The van der Waals surface area contributed by atoms with Crippen LogP contribution in [0.1, 0.15) is 11.1 Å². The average molecular weight is 355 g/mol. The van der Waals surface area contributed by atoms with E-state index in [2.05, 4.69) is 28.4 Å². The maximum atomic E-state index is 13.7. The molecule has 1 fully saturated rings. The van der Waals surface area contributed by atoms with E-state index in [9.17, 15) is 9.18 Å². The predicted octanol–water partition coefficient (Wildman–Crippen LogP) is 3.11. The lowest BCUT2D eigenvalue weighted by molar-refractivity contribution is 0.143. The van der Waals surface area contributed by atoms with Gasteiger partial charge in [-0.2, -0.15) is 0 Å². The molecule has 5 nitrogen and oxygen atoms in total. The van der Waals surface area contributed by atoms with Gasteiger partial charge in [-0.15, -0.1) is 0 Å². The fourth-order valence-electron chi connectivity index (χ4n) is 3.46. The van der Waals surface area contributed by atoms with Crippen molar-refractivity contribution in [3.63, 3.8) is 0 Å². The Kier molecular flexibility index (Phi) is 4.75. The number of rotatable bonds is 3. The molecule has 2 aliphatic heterocycles. The van der Waals surface area contributed by atoms with Crippen molar-refractivity contribution in [2.45, 2.75) is 13.0 Å². The van der Waals surface area contributed by atoms with Gasteiger partial charge in [0.2, 0.25) is 0 Å². The van der Waals surface area contributed by atoms with Gasteiger partial charge in [0.1, 0.15) is 11.6 Å². The van der Waals surface area contributed by atoms with Gasteiger partial charge in [0.05, 0.1) is 12.3 Å². The van der Waals surface area contributed by atoms with E-state index in [0.29, 0.717) is 13.1 Å². The van der Waals surface area contributed by atoms with Gasteiger partial charge in [-0.1, -0.05) is 24.3 Å². The fraction of sp³-hybridized carbons (Fsp3) is 0.350. The summed E-state index contributed by atoms with van der Waals surface area (Å²) in [6.45, 7) is 4.52.